The zero-order valence-corrected chi connectivity index (χ0v) is 11.7. The van der Waals surface area contributed by atoms with Crippen LogP contribution in [0.5, 0.6) is 0 Å². The number of rotatable bonds is 5. The van der Waals surface area contributed by atoms with Gasteiger partial charge in [-0.3, -0.25) is 4.79 Å². The molecule has 5 nitrogen and oxygen atoms in total. The Labute approximate surface area is 111 Å². The maximum absolute atomic E-state index is 13.3. The van der Waals surface area contributed by atoms with Crippen LogP contribution >= 0.6 is 0 Å². The predicted molar refractivity (Wildman–Crippen MR) is 67.7 cm³/mol. The summed E-state index contributed by atoms with van der Waals surface area (Å²) < 4.78 is 39.3. The van der Waals surface area contributed by atoms with E-state index >= 15 is 0 Å². The first kappa shape index (κ1) is 15.6. The van der Waals surface area contributed by atoms with E-state index in [0.717, 1.165) is 6.07 Å². The lowest BCUT2D eigenvalue weighted by molar-refractivity contribution is -0.146. The van der Waals surface area contributed by atoms with Crippen LogP contribution in [0.4, 0.5) is 4.39 Å². The summed E-state index contributed by atoms with van der Waals surface area (Å²) in [6.07, 6.45) is 0. The summed E-state index contributed by atoms with van der Waals surface area (Å²) in [4.78, 5) is 10.7. The van der Waals surface area contributed by atoms with Crippen molar-refractivity contribution < 1.29 is 22.7 Å². The fourth-order valence-corrected chi connectivity index (χ4v) is 2.40. The van der Waals surface area contributed by atoms with E-state index in [0.29, 0.717) is 5.56 Å². The van der Waals surface area contributed by atoms with Crippen molar-refractivity contribution in [2.45, 2.75) is 25.7 Å². The Morgan fingerprint density at radius 1 is 1.42 bits per heavy atom. The third-order valence-electron chi connectivity index (χ3n) is 2.74. The molecule has 0 saturated carbocycles. The van der Waals surface area contributed by atoms with Crippen LogP contribution in [0.1, 0.15) is 19.4 Å². The number of halogens is 1. The molecular formula is C12H16FNO4S. The largest absolute Gasteiger partial charge is 0.481 e. The minimum absolute atomic E-state index is 0.225. The van der Waals surface area contributed by atoms with Crippen molar-refractivity contribution >= 4 is 16.0 Å². The number of carboxylic acid groups (broad SMARTS) is 1. The summed E-state index contributed by atoms with van der Waals surface area (Å²) in [6.45, 7) is 4.04. The number of benzene rings is 1. The summed E-state index contributed by atoms with van der Waals surface area (Å²) in [7, 11) is -3.92. The standard InChI is InChI=1S/C12H16FNO4S/c1-8-4-5-9(6-10(8)13)19(17,18)14-7-12(2,3)11(15)16/h4-6,14H,7H2,1-3H3,(H,15,16). The quantitative estimate of drug-likeness (QED) is 0.861. The molecule has 0 aromatic heterocycles. The average Bonchev–Trinajstić information content (AvgIpc) is 2.30. The zero-order chi connectivity index (χ0) is 14.8. The van der Waals surface area contributed by atoms with Gasteiger partial charge in [-0.2, -0.15) is 0 Å². The summed E-state index contributed by atoms with van der Waals surface area (Å²) in [5.41, 5.74) is -0.902. The van der Waals surface area contributed by atoms with Gasteiger partial charge in [-0.1, -0.05) is 6.07 Å². The third-order valence-corrected chi connectivity index (χ3v) is 4.14. The molecule has 0 amide bonds. The molecule has 0 atom stereocenters. The van der Waals surface area contributed by atoms with Crippen molar-refractivity contribution in [3.8, 4) is 0 Å². The molecule has 0 spiro atoms. The topological polar surface area (TPSA) is 83.5 Å². The van der Waals surface area contributed by atoms with Gasteiger partial charge in [0.25, 0.3) is 0 Å². The number of sulfonamides is 1. The van der Waals surface area contributed by atoms with Gasteiger partial charge in [-0.25, -0.2) is 17.5 Å². The first-order valence-electron chi connectivity index (χ1n) is 5.55. The second-order valence-corrected chi connectivity index (χ2v) is 6.69. The van der Waals surface area contributed by atoms with Crippen molar-refractivity contribution in [1.82, 2.24) is 4.72 Å². The van der Waals surface area contributed by atoms with Gasteiger partial charge in [0.1, 0.15) is 5.82 Å². The van der Waals surface area contributed by atoms with Gasteiger partial charge in [-0.05, 0) is 38.5 Å². The SMILES string of the molecule is Cc1ccc(S(=O)(=O)NCC(C)(C)C(=O)O)cc1F. The molecule has 0 aliphatic carbocycles. The zero-order valence-electron chi connectivity index (χ0n) is 10.9. The van der Waals surface area contributed by atoms with Crippen molar-refractivity contribution in [3.63, 3.8) is 0 Å². The number of hydrogen-bond acceptors (Lipinski definition) is 3. The summed E-state index contributed by atoms with van der Waals surface area (Å²) >= 11 is 0. The van der Waals surface area contributed by atoms with E-state index in [1.54, 1.807) is 0 Å². The molecule has 2 N–H and O–H groups in total. The van der Waals surface area contributed by atoms with Gasteiger partial charge in [0.15, 0.2) is 0 Å². The summed E-state index contributed by atoms with van der Waals surface area (Å²) in [5.74, 6) is -1.74. The van der Waals surface area contributed by atoms with Crippen LogP contribution in [0.15, 0.2) is 23.1 Å². The number of nitrogens with one attached hydrogen (secondary N) is 1. The maximum atomic E-state index is 13.3. The molecule has 0 radical (unpaired) electrons. The molecule has 0 saturated heterocycles. The Hall–Kier alpha value is -1.47. The number of hydrogen-bond donors (Lipinski definition) is 2. The van der Waals surface area contributed by atoms with Crippen LogP contribution in [-0.2, 0) is 14.8 Å². The second-order valence-electron chi connectivity index (χ2n) is 4.92. The van der Waals surface area contributed by atoms with Crippen LogP contribution < -0.4 is 4.72 Å². The monoisotopic (exact) mass is 289 g/mol. The molecule has 19 heavy (non-hydrogen) atoms. The lowest BCUT2D eigenvalue weighted by Gasteiger charge is -2.19. The highest BCUT2D eigenvalue weighted by Crippen LogP contribution is 2.17. The normalized spacial score (nSPS) is 12.4. The van der Waals surface area contributed by atoms with Crippen molar-refractivity contribution in [3.05, 3.63) is 29.6 Å². The van der Waals surface area contributed by atoms with E-state index in [9.17, 15) is 17.6 Å². The predicted octanol–water partition coefficient (Wildman–Crippen LogP) is 1.52. The van der Waals surface area contributed by atoms with Gasteiger partial charge in [0, 0.05) is 6.54 Å². The van der Waals surface area contributed by atoms with Crippen molar-refractivity contribution in [2.75, 3.05) is 6.54 Å². The highest BCUT2D eigenvalue weighted by Gasteiger charge is 2.29. The maximum Gasteiger partial charge on any atom is 0.310 e. The first-order valence-corrected chi connectivity index (χ1v) is 7.04. The fraction of sp³-hybridized carbons (Fsp3) is 0.417. The molecule has 1 rings (SSSR count). The van der Waals surface area contributed by atoms with E-state index in [-0.39, 0.29) is 11.4 Å². The second kappa shape index (κ2) is 5.26. The summed E-state index contributed by atoms with van der Waals surface area (Å²) in [6, 6.07) is 3.53. The molecule has 0 aliphatic heterocycles. The lowest BCUT2D eigenvalue weighted by Crippen LogP contribution is -2.38. The summed E-state index contributed by atoms with van der Waals surface area (Å²) in [5, 5.41) is 8.89. The highest BCUT2D eigenvalue weighted by atomic mass is 32.2. The molecule has 0 heterocycles. The van der Waals surface area contributed by atoms with Gasteiger partial charge >= 0.3 is 5.97 Å². The van der Waals surface area contributed by atoms with E-state index in [4.69, 9.17) is 5.11 Å². The smallest absolute Gasteiger partial charge is 0.310 e. The fourth-order valence-electron chi connectivity index (χ4n) is 1.18. The van der Waals surface area contributed by atoms with Crippen molar-refractivity contribution in [1.29, 1.82) is 0 Å². The Kier molecular flexibility index (Phi) is 4.32. The molecule has 1 aromatic rings. The average molecular weight is 289 g/mol. The first-order chi connectivity index (χ1) is 8.56. The lowest BCUT2D eigenvalue weighted by atomic mass is 9.95. The Balaban J connectivity index is 2.93. The minimum Gasteiger partial charge on any atom is -0.481 e. The van der Waals surface area contributed by atoms with Gasteiger partial charge < -0.3 is 5.11 Å². The van der Waals surface area contributed by atoms with Crippen LogP contribution in [0.2, 0.25) is 0 Å². The Bertz CT molecular complexity index is 596. The van der Waals surface area contributed by atoms with Crippen LogP contribution in [0.3, 0.4) is 0 Å². The molecule has 106 valence electrons. The van der Waals surface area contributed by atoms with E-state index in [2.05, 4.69) is 4.72 Å². The number of carbonyl (C=O) groups is 1. The number of aliphatic carboxylic acids is 1. The molecule has 0 unspecified atom stereocenters. The van der Waals surface area contributed by atoms with E-state index in [1.807, 2.05) is 0 Å². The van der Waals surface area contributed by atoms with Crippen molar-refractivity contribution in [2.24, 2.45) is 5.41 Å². The van der Waals surface area contributed by atoms with Crippen LogP contribution in [-0.4, -0.2) is 26.0 Å². The number of carboxylic acids is 1. The number of aryl methyl sites for hydroxylation is 1. The Morgan fingerprint density at radius 3 is 2.47 bits per heavy atom. The van der Waals surface area contributed by atoms with Gasteiger partial charge in [0.2, 0.25) is 10.0 Å². The van der Waals surface area contributed by atoms with E-state index in [1.165, 1.54) is 32.9 Å². The molecule has 0 fully saturated rings. The minimum atomic E-state index is -3.92. The van der Waals surface area contributed by atoms with Gasteiger partial charge in [0.05, 0.1) is 10.3 Å². The van der Waals surface area contributed by atoms with Gasteiger partial charge in [-0.15, -0.1) is 0 Å². The molecule has 1 aromatic carbocycles. The van der Waals surface area contributed by atoms with Crippen LogP contribution in [0.25, 0.3) is 0 Å². The highest BCUT2D eigenvalue weighted by molar-refractivity contribution is 7.89. The third kappa shape index (κ3) is 3.74. The molecule has 0 aliphatic rings. The molecule has 0 bridgehead atoms. The van der Waals surface area contributed by atoms with Crippen LogP contribution in [0, 0.1) is 18.2 Å². The van der Waals surface area contributed by atoms with E-state index < -0.39 is 27.2 Å². The molecule has 7 heteroatoms. The Morgan fingerprint density at radius 2 is 2.00 bits per heavy atom. The molecular weight excluding hydrogens is 273 g/mol.